The van der Waals surface area contributed by atoms with Crippen molar-refractivity contribution in [3.63, 3.8) is 0 Å². The fourth-order valence-electron chi connectivity index (χ4n) is 2.16. The Morgan fingerprint density at radius 1 is 1.05 bits per heavy atom. The molecule has 0 N–H and O–H groups in total. The van der Waals surface area contributed by atoms with Crippen molar-refractivity contribution in [2.45, 2.75) is 13.5 Å². The summed E-state index contributed by atoms with van der Waals surface area (Å²) < 4.78 is 7.93. The molecule has 0 amide bonds. The number of para-hydroxylation sites is 3. The van der Waals surface area contributed by atoms with E-state index in [4.69, 9.17) is 4.74 Å². The van der Waals surface area contributed by atoms with Gasteiger partial charge in [0.15, 0.2) is 0 Å². The minimum Gasteiger partial charge on any atom is -0.491 e. The van der Waals surface area contributed by atoms with Gasteiger partial charge < -0.3 is 9.30 Å². The Kier molecular flexibility index (Phi) is 3.19. The third-order valence-electron chi connectivity index (χ3n) is 3.21. The van der Waals surface area contributed by atoms with Crippen molar-refractivity contribution < 1.29 is 4.74 Å². The fraction of sp³-hybridized carbons (Fsp3) is 0.188. The van der Waals surface area contributed by atoms with E-state index < -0.39 is 0 Å². The summed E-state index contributed by atoms with van der Waals surface area (Å²) in [6.07, 6.45) is 1.87. The van der Waals surface area contributed by atoms with Gasteiger partial charge in [-0.05, 0) is 30.7 Å². The molecule has 1 heterocycles. The van der Waals surface area contributed by atoms with Crippen LogP contribution in [0, 0.1) is 6.92 Å². The molecule has 0 saturated carbocycles. The fourth-order valence-corrected chi connectivity index (χ4v) is 2.16. The van der Waals surface area contributed by atoms with Gasteiger partial charge in [-0.15, -0.1) is 0 Å². The topological polar surface area (TPSA) is 27.1 Å². The van der Waals surface area contributed by atoms with E-state index in [2.05, 4.69) is 28.6 Å². The largest absolute Gasteiger partial charge is 0.491 e. The number of hydrogen-bond donors (Lipinski definition) is 0. The Bertz CT molecular complexity index is 688. The van der Waals surface area contributed by atoms with Crippen LogP contribution in [0.25, 0.3) is 11.0 Å². The number of ether oxygens (including phenoxy) is 1. The summed E-state index contributed by atoms with van der Waals surface area (Å²) in [5.74, 6) is 0.951. The number of nitrogens with zero attached hydrogens (tertiary/aromatic N) is 2. The molecule has 2 aromatic carbocycles. The number of imidazole rings is 1. The zero-order valence-electron chi connectivity index (χ0n) is 10.9. The zero-order valence-corrected chi connectivity index (χ0v) is 10.9. The molecular weight excluding hydrogens is 236 g/mol. The van der Waals surface area contributed by atoms with Crippen LogP contribution in [0.2, 0.25) is 0 Å². The summed E-state index contributed by atoms with van der Waals surface area (Å²) in [6, 6.07) is 16.2. The predicted octanol–water partition coefficient (Wildman–Crippen LogP) is 3.42. The molecule has 0 bridgehead atoms. The Labute approximate surface area is 112 Å². The van der Waals surface area contributed by atoms with Crippen LogP contribution in [-0.2, 0) is 6.54 Å². The van der Waals surface area contributed by atoms with Crippen LogP contribution < -0.4 is 4.74 Å². The highest BCUT2D eigenvalue weighted by atomic mass is 16.5. The van der Waals surface area contributed by atoms with Crippen LogP contribution >= 0.6 is 0 Å². The second-order valence-corrected chi connectivity index (χ2v) is 4.54. The SMILES string of the molecule is Cc1ccccc1OCCn1cnc2ccccc21. The van der Waals surface area contributed by atoms with Gasteiger partial charge in [0.2, 0.25) is 0 Å². The van der Waals surface area contributed by atoms with Gasteiger partial charge in [0.1, 0.15) is 12.4 Å². The first-order chi connectivity index (χ1) is 9.34. The maximum atomic E-state index is 5.81. The van der Waals surface area contributed by atoms with Crippen molar-refractivity contribution in [2.75, 3.05) is 6.61 Å². The van der Waals surface area contributed by atoms with E-state index in [0.717, 1.165) is 28.9 Å². The van der Waals surface area contributed by atoms with Gasteiger partial charge in [0, 0.05) is 0 Å². The monoisotopic (exact) mass is 252 g/mol. The standard InChI is InChI=1S/C16H16N2O/c1-13-6-2-5-9-16(13)19-11-10-18-12-17-14-7-3-4-8-15(14)18/h2-9,12H,10-11H2,1H3. The van der Waals surface area contributed by atoms with Crippen molar-refractivity contribution in [3.8, 4) is 5.75 Å². The lowest BCUT2D eigenvalue weighted by Gasteiger charge is -2.09. The van der Waals surface area contributed by atoms with E-state index in [0.29, 0.717) is 6.61 Å². The number of benzene rings is 2. The maximum Gasteiger partial charge on any atom is 0.122 e. The molecule has 0 unspecified atom stereocenters. The molecule has 0 aliphatic carbocycles. The van der Waals surface area contributed by atoms with Crippen LogP contribution in [0.3, 0.4) is 0 Å². The highest BCUT2D eigenvalue weighted by molar-refractivity contribution is 5.74. The van der Waals surface area contributed by atoms with E-state index >= 15 is 0 Å². The molecule has 3 heteroatoms. The van der Waals surface area contributed by atoms with Crippen LogP contribution in [0.15, 0.2) is 54.9 Å². The smallest absolute Gasteiger partial charge is 0.122 e. The van der Waals surface area contributed by atoms with E-state index in [1.807, 2.05) is 42.7 Å². The second kappa shape index (κ2) is 5.14. The first-order valence-electron chi connectivity index (χ1n) is 6.43. The summed E-state index contributed by atoms with van der Waals surface area (Å²) in [5.41, 5.74) is 3.34. The molecule has 0 spiro atoms. The Balaban J connectivity index is 1.68. The normalized spacial score (nSPS) is 10.8. The van der Waals surface area contributed by atoms with E-state index in [1.54, 1.807) is 0 Å². The van der Waals surface area contributed by atoms with Crippen molar-refractivity contribution in [1.82, 2.24) is 9.55 Å². The minimum absolute atomic E-state index is 0.644. The maximum absolute atomic E-state index is 5.81. The van der Waals surface area contributed by atoms with Gasteiger partial charge in [-0.1, -0.05) is 30.3 Å². The van der Waals surface area contributed by atoms with Crippen LogP contribution in [-0.4, -0.2) is 16.2 Å². The Morgan fingerprint density at radius 2 is 1.84 bits per heavy atom. The van der Waals surface area contributed by atoms with E-state index in [-0.39, 0.29) is 0 Å². The van der Waals surface area contributed by atoms with Crippen LogP contribution in [0.4, 0.5) is 0 Å². The highest BCUT2D eigenvalue weighted by Gasteiger charge is 2.02. The summed E-state index contributed by atoms with van der Waals surface area (Å²) in [4.78, 5) is 4.37. The molecule has 96 valence electrons. The quantitative estimate of drug-likeness (QED) is 0.711. The third kappa shape index (κ3) is 2.45. The number of aryl methyl sites for hydroxylation is 1. The van der Waals surface area contributed by atoms with Gasteiger partial charge in [-0.25, -0.2) is 4.98 Å². The van der Waals surface area contributed by atoms with E-state index in [9.17, 15) is 0 Å². The van der Waals surface area contributed by atoms with Crippen molar-refractivity contribution in [1.29, 1.82) is 0 Å². The average Bonchev–Trinajstić information content (AvgIpc) is 2.85. The number of aromatic nitrogens is 2. The molecule has 1 aromatic heterocycles. The summed E-state index contributed by atoms with van der Waals surface area (Å²) in [5, 5.41) is 0. The van der Waals surface area contributed by atoms with Crippen molar-refractivity contribution in [3.05, 3.63) is 60.4 Å². The van der Waals surface area contributed by atoms with Gasteiger partial charge in [0.25, 0.3) is 0 Å². The molecule has 3 aromatic rings. The Hall–Kier alpha value is -2.29. The molecule has 0 saturated heterocycles. The zero-order chi connectivity index (χ0) is 13.1. The molecule has 0 radical (unpaired) electrons. The Morgan fingerprint density at radius 3 is 2.74 bits per heavy atom. The predicted molar refractivity (Wildman–Crippen MR) is 76.4 cm³/mol. The third-order valence-corrected chi connectivity index (χ3v) is 3.21. The van der Waals surface area contributed by atoms with Crippen molar-refractivity contribution in [2.24, 2.45) is 0 Å². The van der Waals surface area contributed by atoms with Gasteiger partial charge >= 0.3 is 0 Å². The van der Waals surface area contributed by atoms with Gasteiger partial charge in [0.05, 0.1) is 23.9 Å². The molecular formula is C16H16N2O. The first-order valence-corrected chi connectivity index (χ1v) is 6.43. The van der Waals surface area contributed by atoms with Gasteiger partial charge in [-0.3, -0.25) is 0 Å². The molecule has 3 nitrogen and oxygen atoms in total. The van der Waals surface area contributed by atoms with Crippen LogP contribution in [0.5, 0.6) is 5.75 Å². The summed E-state index contributed by atoms with van der Waals surface area (Å²) >= 11 is 0. The molecule has 0 aliphatic heterocycles. The number of fused-ring (bicyclic) bond motifs is 1. The highest BCUT2D eigenvalue weighted by Crippen LogP contribution is 2.16. The second-order valence-electron chi connectivity index (χ2n) is 4.54. The molecule has 0 aliphatic rings. The lowest BCUT2D eigenvalue weighted by Crippen LogP contribution is -2.07. The molecule has 3 rings (SSSR count). The number of hydrogen-bond acceptors (Lipinski definition) is 2. The lowest BCUT2D eigenvalue weighted by molar-refractivity contribution is 0.298. The van der Waals surface area contributed by atoms with E-state index in [1.165, 1.54) is 0 Å². The average molecular weight is 252 g/mol. The number of rotatable bonds is 4. The first kappa shape index (κ1) is 11.8. The van der Waals surface area contributed by atoms with Crippen molar-refractivity contribution >= 4 is 11.0 Å². The molecule has 19 heavy (non-hydrogen) atoms. The lowest BCUT2D eigenvalue weighted by atomic mass is 10.2. The van der Waals surface area contributed by atoms with Crippen LogP contribution in [0.1, 0.15) is 5.56 Å². The van der Waals surface area contributed by atoms with Gasteiger partial charge in [-0.2, -0.15) is 0 Å². The molecule has 0 fully saturated rings. The summed E-state index contributed by atoms with van der Waals surface area (Å²) in [7, 11) is 0. The minimum atomic E-state index is 0.644. The molecule has 0 atom stereocenters. The summed E-state index contributed by atoms with van der Waals surface area (Å²) in [6.45, 7) is 3.50.